The Bertz CT molecular complexity index is 993. The van der Waals surface area contributed by atoms with Crippen LogP contribution < -0.4 is 5.32 Å². The Labute approximate surface area is 184 Å². The van der Waals surface area contributed by atoms with Crippen LogP contribution in [0, 0.1) is 0 Å². The fourth-order valence-corrected chi connectivity index (χ4v) is 5.64. The Kier molecular flexibility index (Phi) is 6.69. The monoisotopic (exact) mass is 439 g/mol. The minimum absolute atomic E-state index is 0.0474. The van der Waals surface area contributed by atoms with Crippen molar-refractivity contribution >= 4 is 50.8 Å². The highest BCUT2D eigenvalue weighted by Gasteiger charge is 2.22. The number of hydrogen-bond donors (Lipinski definition) is 1. The number of nitrogens with zero attached hydrogens (tertiary/aromatic N) is 2. The standard InChI is InChI=1S/C23H25N3O2S2/c1-26(18-7-3-2-4-8-18)22(28)16-11-13-17(14-12-16)24-21(27)15-29-23-25-19-9-5-6-10-20(19)30-23/h5-6,9-14,18H,2-4,7-8,15H2,1H3,(H,24,27). The molecule has 3 aromatic rings. The van der Waals surface area contributed by atoms with Crippen molar-refractivity contribution < 1.29 is 9.59 Å². The maximum Gasteiger partial charge on any atom is 0.253 e. The number of para-hydroxylation sites is 1. The molecule has 1 saturated carbocycles. The highest BCUT2D eigenvalue weighted by atomic mass is 32.2. The second-order valence-corrected chi connectivity index (χ2v) is 9.82. The molecule has 1 heterocycles. The number of thiazole rings is 1. The summed E-state index contributed by atoms with van der Waals surface area (Å²) in [5, 5.41) is 2.90. The third-order valence-corrected chi connectivity index (χ3v) is 7.64. The number of fused-ring (bicyclic) bond motifs is 1. The molecular weight excluding hydrogens is 414 g/mol. The van der Waals surface area contributed by atoms with E-state index in [0.717, 1.165) is 27.4 Å². The van der Waals surface area contributed by atoms with E-state index in [9.17, 15) is 9.59 Å². The van der Waals surface area contributed by atoms with Gasteiger partial charge < -0.3 is 10.2 Å². The first kappa shape index (κ1) is 20.9. The first-order valence-corrected chi connectivity index (χ1v) is 12.1. The van der Waals surface area contributed by atoms with Crippen LogP contribution in [0.2, 0.25) is 0 Å². The molecule has 1 fully saturated rings. The lowest BCUT2D eigenvalue weighted by Crippen LogP contribution is -2.38. The highest BCUT2D eigenvalue weighted by Crippen LogP contribution is 2.29. The van der Waals surface area contributed by atoms with E-state index in [1.807, 2.05) is 36.2 Å². The Hall–Kier alpha value is -2.38. The van der Waals surface area contributed by atoms with Crippen LogP contribution >= 0.6 is 23.1 Å². The van der Waals surface area contributed by atoms with Gasteiger partial charge in [0, 0.05) is 24.3 Å². The molecule has 0 bridgehead atoms. The van der Waals surface area contributed by atoms with E-state index in [1.54, 1.807) is 35.6 Å². The quantitative estimate of drug-likeness (QED) is 0.520. The molecular formula is C23H25N3O2S2. The fraction of sp³-hybridized carbons (Fsp3) is 0.348. The zero-order valence-electron chi connectivity index (χ0n) is 17.0. The van der Waals surface area contributed by atoms with Crippen LogP contribution in [0.3, 0.4) is 0 Å². The van der Waals surface area contributed by atoms with E-state index in [0.29, 0.717) is 23.0 Å². The smallest absolute Gasteiger partial charge is 0.253 e. The van der Waals surface area contributed by atoms with Crippen molar-refractivity contribution in [3.8, 4) is 0 Å². The molecule has 0 atom stereocenters. The molecule has 2 amide bonds. The Morgan fingerprint density at radius 3 is 2.57 bits per heavy atom. The minimum atomic E-state index is -0.0855. The predicted octanol–water partition coefficient (Wildman–Crippen LogP) is 5.43. The van der Waals surface area contributed by atoms with Gasteiger partial charge in [0.15, 0.2) is 4.34 Å². The number of benzene rings is 2. The van der Waals surface area contributed by atoms with Crippen LogP contribution in [0.25, 0.3) is 10.2 Å². The normalized spacial score (nSPS) is 14.6. The van der Waals surface area contributed by atoms with Crippen LogP contribution in [0.4, 0.5) is 5.69 Å². The van der Waals surface area contributed by atoms with Gasteiger partial charge in [-0.3, -0.25) is 9.59 Å². The molecule has 156 valence electrons. The molecule has 1 N–H and O–H groups in total. The molecule has 0 saturated heterocycles. The summed E-state index contributed by atoms with van der Waals surface area (Å²) in [5.41, 5.74) is 2.32. The first-order valence-electron chi connectivity index (χ1n) is 10.3. The van der Waals surface area contributed by atoms with Gasteiger partial charge in [0.2, 0.25) is 5.91 Å². The number of hydrogen-bond acceptors (Lipinski definition) is 5. The summed E-state index contributed by atoms with van der Waals surface area (Å²) >= 11 is 3.03. The summed E-state index contributed by atoms with van der Waals surface area (Å²) in [6, 6.07) is 15.5. The van der Waals surface area contributed by atoms with Crippen molar-refractivity contribution in [3.63, 3.8) is 0 Å². The number of amides is 2. The van der Waals surface area contributed by atoms with Gasteiger partial charge in [-0.15, -0.1) is 11.3 Å². The molecule has 0 unspecified atom stereocenters. The van der Waals surface area contributed by atoms with Gasteiger partial charge in [0.25, 0.3) is 5.91 Å². The summed E-state index contributed by atoms with van der Waals surface area (Å²) in [7, 11) is 1.90. The Morgan fingerprint density at radius 2 is 1.83 bits per heavy atom. The van der Waals surface area contributed by atoms with Crippen LogP contribution in [-0.4, -0.2) is 40.5 Å². The highest BCUT2D eigenvalue weighted by molar-refractivity contribution is 8.01. The summed E-state index contributed by atoms with van der Waals surface area (Å²) in [4.78, 5) is 31.5. The summed E-state index contributed by atoms with van der Waals surface area (Å²) < 4.78 is 2.01. The molecule has 2 aromatic carbocycles. The lowest BCUT2D eigenvalue weighted by Gasteiger charge is -2.31. The average molecular weight is 440 g/mol. The SMILES string of the molecule is CN(C(=O)c1ccc(NC(=O)CSc2nc3ccccc3s2)cc1)C1CCCCC1. The van der Waals surface area contributed by atoms with E-state index < -0.39 is 0 Å². The van der Waals surface area contributed by atoms with Gasteiger partial charge >= 0.3 is 0 Å². The molecule has 1 aliphatic rings. The van der Waals surface area contributed by atoms with Crippen LogP contribution in [0.1, 0.15) is 42.5 Å². The average Bonchev–Trinajstić information content (AvgIpc) is 3.21. The number of thioether (sulfide) groups is 1. The number of nitrogens with one attached hydrogen (secondary N) is 1. The molecule has 7 heteroatoms. The number of aromatic nitrogens is 1. The molecule has 1 aromatic heterocycles. The van der Waals surface area contributed by atoms with E-state index in [2.05, 4.69) is 10.3 Å². The second-order valence-electron chi connectivity index (χ2n) is 7.57. The van der Waals surface area contributed by atoms with Crippen LogP contribution in [0.15, 0.2) is 52.9 Å². The molecule has 5 nitrogen and oxygen atoms in total. The maximum absolute atomic E-state index is 12.7. The third-order valence-electron chi connectivity index (χ3n) is 5.46. The number of carbonyl (C=O) groups is 2. The lowest BCUT2D eigenvalue weighted by atomic mass is 9.94. The molecule has 4 rings (SSSR count). The molecule has 0 spiro atoms. The third kappa shape index (κ3) is 5.02. The first-order chi connectivity index (χ1) is 14.6. The van der Waals surface area contributed by atoms with Gasteiger partial charge in [-0.2, -0.15) is 0 Å². The molecule has 1 aliphatic carbocycles. The topological polar surface area (TPSA) is 62.3 Å². The Balaban J connectivity index is 1.30. The van der Waals surface area contributed by atoms with E-state index >= 15 is 0 Å². The van der Waals surface area contributed by atoms with Gasteiger partial charge in [-0.25, -0.2) is 4.98 Å². The maximum atomic E-state index is 12.7. The van der Waals surface area contributed by atoms with Crippen molar-refractivity contribution in [1.29, 1.82) is 0 Å². The Morgan fingerprint density at radius 1 is 1.10 bits per heavy atom. The van der Waals surface area contributed by atoms with Crippen molar-refractivity contribution in [2.24, 2.45) is 0 Å². The van der Waals surface area contributed by atoms with Crippen molar-refractivity contribution in [2.45, 2.75) is 42.5 Å². The van der Waals surface area contributed by atoms with Crippen molar-refractivity contribution in [2.75, 3.05) is 18.1 Å². The van der Waals surface area contributed by atoms with E-state index in [4.69, 9.17) is 0 Å². The lowest BCUT2D eigenvalue weighted by molar-refractivity contribution is -0.113. The van der Waals surface area contributed by atoms with Crippen molar-refractivity contribution in [1.82, 2.24) is 9.88 Å². The van der Waals surface area contributed by atoms with Gasteiger partial charge in [-0.05, 0) is 49.2 Å². The largest absolute Gasteiger partial charge is 0.339 e. The zero-order chi connectivity index (χ0) is 20.9. The summed E-state index contributed by atoms with van der Waals surface area (Å²) in [5.74, 6) is 0.258. The van der Waals surface area contributed by atoms with Gasteiger partial charge in [0.1, 0.15) is 0 Å². The van der Waals surface area contributed by atoms with Crippen LogP contribution in [-0.2, 0) is 4.79 Å². The summed E-state index contributed by atoms with van der Waals surface area (Å²) in [6.45, 7) is 0. The molecule has 0 aliphatic heterocycles. The number of anilines is 1. The number of carbonyl (C=O) groups excluding carboxylic acids is 2. The fourth-order valence-electron chi connectivity index (χ4n) is 3.77. The van der Waals surface area contributed by atoms with Crippen molar-refractivity contribution in [3.05, 3.63) is 54.1 Å². The number of rotatable bonds is 6. The van der Waals surface area contributed by atoms with Gasteiger partial charge in [0.05, 0.1) is 16.0 Å². The summed E-state index contributed by atoms with van der Waals surface area (Å²) in [6.07, 6.45) is 5.83. The molecule has 30 heavy (non-hydrogen) atoms. The minimum Gasteiger partial charge on any atom is -0.339 e. The molecule has 0 radical (unpaired) electrons. The van der Waals surface area contributed by atoms with Gasteiger partial charge in [-0.1, -0.05) is 43.2 Å². The van der Waals surface area contributed by atoms with E-state index in [-0.39, 0.29) is 11.8 Å². The van der Waals surface area contributed by atoms with Crippen LogP contribution in [0.5, 0.6) is 0 Å². The van der Waals surface area contributed by atoms with E-state index in [1.165, 1.54) is 31.0 Å². The zero-order valence-corrected chi connectivity index (χ0v) is 18.6. The predicted molar refractivity (Wildman–Crippen MR) is 124 cm³/mol. The second kappa shape index (κ2) is 9.62.